The lowest BCUT2D eigenvalue weighted by Gasteiger charge is -2.13. The maximum atomic E-state index is 2.42. The summed E-state index contributed by atoms with van der Waals surface area (Å²) in [7, 11) is 0. The third-order valence-corrected chi connectivity index (χ3v) is 2.15. The highest BCUT2D eigenvalue weighted by atomic mass is 14.1. The molecule has 10 heavy (non-hydrogen) atoms. The quantitative estimate of drug-likeness (QED) is 0.546. The van der Waals surface area contributed by atoms with Crippen molar-refractivity contribution in [3.8, 4) is 0 Å². The Bertz CT molecular complexity index is 151. The molecule has 1 aliphatic carbocycles. The highest BCUT2D eigenvalue weighted by Crippen LogP contribution is 2.20. The second-order valence-electron chi connectivity index (χ2n) is 2.90. The maximum Gasteiger partial charge on any atom is -0.0196 e. The van der Waals surface area contributed by atoms with E-state index in [0.717, 1.165) is 5.92 Å². The number of hydrogen-bond acceptors (Lipinski definition) is 0. The van der Waals surface area contributed by atoms with Crippen LogP contribution in [0, 0.1) is 5.92 Å². The van der Waals surface area contributed by atoms with Crippen molar-refractivity contribution >= 4 is 0 Å². The summed E-state index contributed by atoms with van der Waals surface area (Å²) < 4.78 is 0. The van der Waals surface area contributed by atoms with Crippen molar-refractivity contribution < 1.29 is 0 Å². The van der Waals surface area contributed by atoms with Crippen LogP contribution in [0.2, 0.25) is 0 Å². The van der Waals surface area contributed by atoms with E-state index in [1.54, 1.807) is 0 Å². The van der Waals surface area contributed by atoms with Gasteiger partial charge in [-0.05, 0) is 25.2 Å². The fourth-order valence-electron chi connectivity index (χ4n) is 1.34. The Hall–Kier alpha value is -0.520. The molecular formula is C10H16. The van der Waals surface area contributed by atoms with Crippen LogP contribution < -0.4 is 0 Å². The summed E-state index contributed by atoms with van der Waals surface area (Å²) >= 11 is 0. The molecule has 0 saturated heterocycles. The third kappa shape index (κ3) is 1.73. The largest absolute Gasteiger partial charge is 0.0837 e. The fourth-order valence-corrected chi connectivity index (χ4v) is 1.34. The van der Waals surface area contributed by atoms with Gasteiger partial charge in [0.1, 0.15) is 0 Å². The first-order valence-electron chi connectivity index (χ1n) is 4.24. The number of allylic oxidation sites excluding steroid dienone is 4. The van der Waals surface area contributed by atoms with Gasteiger partial charge in [-0.2, -0.15) is 0 Å². The predicted molar refractivity (Wildman–Crippen MR) is 45.9 cm³/mol. The molecule has 1 aliphatic rings. The lowest BCUT2D eigenvalue weighted by atomic mass is 9.93. The molecule has 0 spiro atoms. The Morgan fingerprint density at radius 3 is 2.90 bits per heavy atom. The minimum atomic E-state index is 0.819. The zero-order valence-corrected chi connectivity index (χ0v) is 6.93. The molecule has 0 heterocycles. The second-order valence-corrected chi connectivity index (χ2v) is 2.90. The van der Waals surface area contributed by atoms with Gasteiger partial charge in [0, 0.05) is 0 Å². The van der Waals surface area contributed by atoms with E-state index in [2.05, 4.69) is 32.1 Å². The second kappa shape index (κ2) is 3.60. The normalized spacial score (nSPS) is 24.6. The van der Waals surface area contributed by atoms with E-state index in [0.29, 0.717) is 0 Å². The van der Waals surface area contributed by atoms with Crippen molar-refractivity contribution in [2.75, 3.05) is 0 Å². The van der Waals surface area contributed by atoms with Crippen LogP contribution >= 0.6 is 0 Å². The van der Waals surface area contributed by atoms with Gasteiger partial charge in [0.15, 0.2) is 0 Å². The van der Waals surface area contributed by atoms with E-state index < -0.39 is 0 Å². The summed E-state index contributed by atoms with van der Waals surface area (Å²) in [5.41, 5.74) is 1.51. The van der Waals surface area contributed by atoms with Crippen molar-refractivity contribution in [3.63, 3.8) is 0 Å². The maximum absolute atomic E-state index is 2.42. The molecule has 0 aromatic heterocycles. The molecule has 0 amide bonds. The van der Waals surface area contributed by atoms with Crippen molar-refractivity contribution in [3.05, 3.63) is 23.8 Å². The smallest absolute Gasteiger partial charge is 0.0196 e. The van der Waals surface area contributed by atoms with Crippen LogP contribution in [0.25, 0.3) is 0 Å². The first-order chi connectivity index (χ1) is 4.86. The standard InChI is InChI=1S/C10H16/c1-3-9-6-5-7-10(4-2)8-9/h5-6,8,10H,3-4,7H2,1-2H3. The average molecular weight is 136 g/mol. The molecule has 56 valence electrons. The monoisotopic (exact) mass is 136 g/mol. The molecule has 0 N–H and O–H groups in total. The molecule has 0 bridgehead atoms. The highest BCUT2D eigenvalue weighted by Gasteiger charge is 2.04. The predicted octanol–water partition coefficient (Wildman–Crippen LogP) is 3.31. The van der Waals surface area contributed by atoms with E-state index in [1.807, 2.05) is 0 Å². The van der Waals surface area contributed by atoms with Gasteiger partial charge in [-0.15, -0.1) is 0 Å². The lowest BCUT2D eigenvalue weighted by Crippen LogP contribution is -1.97. The Morgan fingerprint density at radius 2 is 2.30 bits per heavy atom. The molecular weight excluding hydrogens is 120 g/mol. The zero-order chi connectivity index (χ0) is 7.40. The summed E-state index contributed by atoms with van der Waals surface area (Å²) in [5, 5.41) is 0. The molecule has 0 nitrogen and oxygen atoms in total. The molecule has 0 aromatic rings. The van der Waals surface area contributed by atoms with E-state index in [-0.39, 0.29) is 0 Å². The van der Waals surface area contributed by atoms with Gasteiger partial charge in [-0.25, -0.2) is 0 Å². The number of rotatable bonds is 2. The van der Waals surface area contributed by atoms with Crippen LogP contribution in [0.4, 0.5) is 0 Å². The van der Waals surface area contributed by atoms with E-state index in [9.17, 15) is 0 Å². The van der Waals surface area contributed by atoms with Crippen molar-refractivity contribution in [2.24, 2.45) is 5.92 Å². The van der Waals surface area contributed by atoms with Gasteiger partial charge in [0.05, 0.1) is 0 Å². The van der Waals surface area contributed by atoms with Crippen LogP contribution in [0.3, 0.4) is 0 Å². The average Bonchev–Trinajstić information content (AvgIpc) is 2.05. The lowest BCUT2D eigenvalue weighted by molar-refractivity contribution is 0.625. The van der Waals surface area contributed by atoms with Crippen molar-refractivity contribution in [2.45, 2.75) is 33.1 Å². The van der Waals surface area contributed by atoms with Crippen LogP contribution in [0.1, 0.15) is 33.1 Å². The molecule has 0 fully saturated rings. The topological polar surface area (TPSA) is 0 Å². The SMILES string of the molecule is CCC1=CC(CC)CC=C1. The fraction of sp³-hybridized carbons (Fsp3) is 0.600. The minimum Gasteiger partial charge on any atom is -0.0837 e. The summed E-state index contributed by atoms with van der Waals surface area (Å²) in [6.45, 7) is 4.47. The summed E-state index contributed by atoms with van der Waals surface area (Å²) in [6, 6.07) is 0. The van der Waals surface area contributed by atoms with Crippen LogP contribution in [-0.4, -0.2) is 0 Å². The van der Waals surface area contributed by atoms with Gasteiger partial charge in [0.25, 0.3) is 0 Å². The van der Waals surface area contributed by atoms with Gasteiger partial charge in [0.2, 0.25) is 0 Å². The minimum absolute atomic E-state index is 0.819. The summed E-state index contributed by atoms with van der Waals surface area (Å²) in [4.78, 5) is 0. The molecule has 1 atom stereocenters. The molecule has 0 aromatic carbocycles. The molecule has 1 unspecified atom stereocenters. The van der Waals surface area contributed by atoms with Gasteiger partial charge >= 0.3 is 0 Å². The summed E-state index contributed by atoms with van der Waals surface area (Å²) in [5.74, 6) is 0.819. The Morgan fingerprint density at radius 1 is 1.50 bits per heavy atom. The third-order valence-electron chi connectivity index (χ3n) is 2.15. The van der Waals surface area contributed by atoms with Gasteiger partial charge < -0.3 is 0 Å². The van der Waals surface area contributed by atoms with Crippen LogP contribution in [-0.2, 0) is 0 Å². The van der Waals surface area contributed by atoms with Crippen LogP contribution in [0.15, 0.2) is 23.8 Å². The van der Waals surface area contributed by atoms with E-state index in [4.69, 9.17) is 0 Å². The molecule has 0 aliphatic heterocycles. The molecule has 0 heteroatoms. The van der Waals surface area contributed by atoms with E-state index in [1.165, 1.54) is 24.8 Å². The van der Waals surface area contributed by atoms with Gasteiger partial charge in [-0.1, -0.05) is 37.6 Å². The van der Waals surface area contributed by atoms with Gasteiger partial charge in [-0.3, -0.25) is 0 Å². The first kappa shape index (κ1) is 7.59. The Balaban J connectivity index is 2.56. The molecule has 1 rings (SSSR count). The van der Waals surface area contributed by atoms with Crippen LogP contribution in [0.5, 0.6) is 0 Å². The summed E-state index contributed by atoms with van der Waals surface area (Å²) in [6.07, 6.45) is 10.7. The zero-order valence-electron chi connectivity index (χ0n) is 6.93. The Labute approximate surface area is 63.6 Å². The van der Waals surface area contributed by atoms with E-state index >= 15 is 0 Å². The Kier molecular flexibility index (Phi) is 2.73. The van der Waals surface area contributed by atoms with Crippen molar-refractivity contribution in [1.82, 2.24) is 0 Å². The first-order valence-corrected chi connectivity index (χ1v) is 4.24. The molecule has 0 radical (unpaired) electrons. The van der Waals surface area contributed by atoms with Crippen molar-refractivity contribution in [1.29, 1.82) is 0 Å². The molecule has 0 saturated carbocycles. The highest BCUT2D eigenvalue weighted by molar-refractivity contribution is 5.23. The number of hydrogen-bond donors (Lipinski definition) is 0.